The topological polar surface area (TPSA) is 97.1 Å². The van der Waals surface area contributed by atoms with Gasteiger partial charge in [-0.2, -0.15) is 4.99 Å². The molecule has 1 aromatic heterocycles. The van der Waals surface area contributed by atoms with Crippen LogP contribution in [0.25, 0.3) is 10.9 Å². The van der Waals surface area contributed by atoms with E-state index < -0.39 is 0 Å². The minimum Gasteiger partial charge on any atom is -0.368 e. The van der Waals surface area contributed by atoms with Gasteiger partial charge in [0.25, 0.3) is 0 Å². The molecule has 0 fully saturated rings. The van der Waals surface area contributed by atoms with E-state index in [-0.39, 0.29) is 17.5 Å². The lowest BCUT2D eigenvalue weighted by atomic mass is 10.1. The molecule has 0 saturated carbocycles. The van der Waals surface area contributed by atoms with Crippen LogP contribution < -0.4 is 11.4 Å². The average Bonchev–Trinajstić information content (AvgIpc) is 2.37. The second kappa shape index (κ2) is 5.24. The number of carbonyl (C=O) groups is 1. The lowest BCUT2D eigenvalue weighted by molar-refractivity contribution is 0.0907. The van der Waals surface area contributed by atoms with Gasteiger partial charge in [-0.1, -0.05) is 19.1 Å². The Hall–Kier alpha value is -2.50. The first kappa shape index (κ1) is 13.9. The first-order valence-electron chi connectivity index (χ1n) is 6.36. The summed E-state index contributed by atoms with van der Waals surface area (Å²) in [5.41, 5.74) is 7.99. The molecular weight excluding hydrogens is 254 g/mol. The second-order valence-corrected chi connectivity index (χ2v) is 4.60. The summed E-state index contributed by atoms with van der Waals surface area (Å²) in [5.74, 6) is -0.505. The number of nitrogens with one attached hydrogen (secondary N) is 1. The SMILES string of the molecule is CCC(=O)n1c(=NC(=N)N)nc(C)c2ccc(C)cc21. The van der Waals surface area contributed by atoms with E-state index >= 15 is 0 Å². The number of aryl methyl sites for hydroxylation is 2. The van der Waals surface area contributed by atoms with Crippen LogP contribution in [0.2, 0.25) is 0 Å². The molecule has 2 aromatic rings. The van der Waals surface area contributed by atoms with Gasteiger partial charge in [0.15, 0.2) is 0 Å². The maximum Gasteiger partial charge on any atom is 0.240 e. The molecule has 0 aliphatic heterocycles. The molecule has 20 heavy (non-hydrogen) atoms. The highest BCUT2D eigenvalue weighted by Crippen LogP contribution is 2.17. The predicted molar refractivity (Wildman–Crippen MR) is 77.6 cm³/mol. The molecule has 0 unspecified atom stereocenters. The number of hydrogen-bond donors (Lipinski definition) is 2. The number of hydrogen-bond acceptors (Lipinski definition) is 3. The Morgan fingerprint density at radius 1 is 1.45 bits per heavy atom. The number of fused-ring (bicyclic) bond motifs is 1. The van der Waals surface area contributed by atoms with Crippen LogP contribution in [0.5, 0.6) is 0 Å². The Labute approximate surface area is 116 Å². The fourth-order valence-electron chi connectivity index (χ4n) is 2.09. The predicted octanol–water partition coefficient (Wildman–Crippen LogP) is 1.50. The van der Waals surface area contributed by atoms with Gasteiger partial charge in [0, 0.05) is 11.8 Å². The molecule has 1 aromatic carbocycles. The molecule has 0 amide bonds. The molecule has 0 aliphatic carbocycles. The van der Waals surface area contributed by atoms with Crippen molar-refractivity contribution in [1.82, 2.24) is 9.55 Å². The third kappa shape index (κ3) is 2.45. The summed E-state index contributed by atoms with van der Waals surface area (Å²) < 4.78 is 1.43. The van der Waals surface area contributed by atoms with E-state index in [2.05, 4.69) is 9.98 Å². The van der Waals surface area contributed by atoms with E-state index in [9.17, 15) is 4.79 Å². The van der Waals surface area contributed by atoms with Crippen LogP contribution in [0.4, 0.5) is 0 Å². The van der Waals surface area contributed by atoms with E-state index in [4.69, 9.17) is 11.1 Å². The number of nitrogens with two attached hydrogens (primary N) is 1. The monoisotopic (exact) mass is 271 g/mol. The number of carbonyl (C=O) groups excluding carboxylic acids is 1. The summed E-state index contributed by atoms with van der Waals surface area (Å²) in [7, 11) is 0. The van der Waals surface area contributed by atoms with Crippen LogP contribution >= 0.6 is 0 Å². The summed E-state index contributed by atoms with van der Waals surface area (Å²) in [4.78, 5) is 20.4. The van der Waals surface area contributed by atoms with Gasteiger partial charge in [-0.25, -0.2) is 9.55 Å². The summed E-state index contributed by atoms with van der Waals surface area (Å²) >= 11 is 0. The van der Waals surface area contributed by atoms with E-state index in [0.717, 1.165) is 22.2 Å². The highest BCUT2D eigenvalue weighted by Gasteiger charge is 2.12. The molecule has 0 bridgehead atoms. The van der Waals surface area contributed by atoms with Gasteiger partial charge < -0.3 is 5.73 Å². The third-order valence-corrected chi connectivity index (χ3v) is 3.02. The Bertz CT molecular complexity index is 773. The largest absolute Gasteiger partial charge is 0.368 e. The van der Waals surface area contributed by atoms with E-state index in [1.54, 1.807) is 6.92 Å². The molecule has 6 heteroatoms. The standard InChI is InChI=1S/C14H17N5O/c1-4-12(20)19-11-7-8(2)5-6-10(11)9(3)17-14(19)18-13(15)16/h5-7H,4H2,1-3H3,(H3,15,16). The molecule has 0 aliphatic rings. The van der Waals surface area contributed by atoms with E-state index in [1.165, 1.54) is 4.57 Å². The minimum atomic E-state index is -0.374. The van der Waals surface area contributed by atoms with Crippen LogP contribution in [0.1, 0.15) is 29.4 Å². The van der Waals surface area contributed by atoms with Gasteiger partial charge >= 0.3 is 0 Å². The van der Waals surface area contributed by atoms with Crippen molar-refractivity contribution in [3.8, 4) is 0 Å². The lowest BCUT2D eigenvalue weighted by Gasteiger charge is -2.11. The van der Waals surface area contributed by atoms with Crippen LogP contribution in [0.3, 0.4) is 0 Å². The fraction of sp³-hybridized carbons (Fsp3) is 0.286. The molecule has 6 nitrogen and oxygen atoms in total. The molecular formula is C14H17N5O. The average molecular weight is 271 g/mol. The van der Waals surface area contributed by atoms with Crippen molar-refractivity contribution in [2.45, 2.75) is 27.2 Å². The molecule has 1 heterocycles. The number of rotatable bonds is 1. The smallest absolute Gasteiger partial charge is 0.240 e. The van der Waals surface area contributed by atoms with Crippen molar-refractivity contribution >= 4 is 22.8 Å². The highest BCUT2D eigenvalue weighted by atomic mass is 16.2. The Kier molecular flexibility index (Phi) is 3.65. The minimum absolute atomic E-state index is 0.131. The molecule has 104 valence electrons. The zero-order valence-electron chi connectivity index (χ0n) is 11.8. The van der Waals surface area contributed by atoms with Crippen molar-refractivity contribution < 1.29 is 4.79 Å². The zero-order valence-corrected chi connectivity index (χ0v) is 11.8. The first-order chi connectivity index (χ1) is 9.43. The molecule has 2 rings (SSSR count). The highest BCUT2D eigenvalue weighted by molar-refractivity contribution is 5.92. The second-order valence-electron chi connectivity index (χ2n) is 4.60. The van der Waals surface area contributed by atoms with Crippen LogP contribution in [-0.4, -0.2) is 21.4 Å². The molecule has 0 saturated heterocycles. The lowest BCUT2D eigenvalue weighted by Crippen LogP contribution is -2.32. The van der Waals surface area contributed by atoms with Crippen LogP contribution in [0.15, 0.2) is 23.2 Å². The number of guanidine groups is 1. The van der Waals surface area contributed by atoms with Crippen molar-refractivity contribution in [3.63, 3.8) is 0 Å². The van der Waals surface area contributed by atoms with E-state index in [1.807, 2.05) is 32.0 Å². The third-order valence-electron chi connectivity index (χ3n) is 3.02. The van der Waals surface area contributed by atoms with Gasteiger partial charge in [-0.15, -0.1) is 0 Å². The molecule has 0 spiro atoms. The summed E-state index contributed by atoms with van der Waals surface area (Å²) in [6.45, 7) is 5.57. The van der Waals surface area contributed by atoms with Gasteiger partial charge in [0.2, 0.25) is 17.5 Å². The first-order valence-corrected chi connectivity index (χ1v) is 6.36. The van der Waals surface area contributed by atoms with Gasteiger partial charge in [-0.05, 0) is 25.5 Å². The van der Waals surface area contributed by atoms with Crippen molar-refractivity contribution in [1.29, 1.82) is 5.41 Å². The molecule has 0 atom stereocenters. The summed E-state index contributed by atoms with van der Waals surface area (Å²) in [6.07, 6.45) is 0.318. The van der Waals surface area contributed by atoms with Gasteiger partial charge in [-0.3, -0.25) is 10.2 Å². The fourth-order valence-corrected chi connectivity index (χ4v) is 2.09. The summed E-state index contributed by atoms with van der Waals surface area (Å²) in [6, 6.07) is 5.82. The number of nitrogens with zero attached hydrogens (tertiary/aromatic N) is 3. The Morgan fingerprint density at radius 2 is 2.15 bits per heavy atom. The van der Waals surface area contributed by atoms with Crippen molar-refractivity contribution in [2.75, 3.05) is 0 Å². The molecule has 3 N–H and O–H groups in total. The van der Waals surface area contributed by atoms with Gasteiger partial charge in [0.05, 0.1) is 11.2 Å². The maximum absolute atomic E-state index is 12.2. The van der Waals surface area contributed by atoms with Crippen LogP contribution in [-0.2, 0) is 0 Å². The zero-order chi connectivity index (χ0) is 14.9. The van der Waals surface area contributed by atoms with Crippen molar-refractivity contribution in [2.24, 2.45) is 10.7 Å². The van der Waals surface area contributed by atoms with Gasteiger partial charge in [0.1, 0.15) is 0 Å². The van der Waals surface area contributed by atoms with Crippen molar-refractivity contribution in [3.05, 3.63) is 35.1 Å². The Morgan fingerprint density at radius 3 is 2.75 bits per heavy atom. The number of benzene rings is 1. The maximum atomic E-state index is 12.2. The Balaban J connectivity index is 3.00. The quantitative estimate of drug-likeness (QED) is 0.607. The van der Waals surface area contributed by atoms with Crippen LogP contribution in [0, 0.1) is 19.3 Å². The van der Waals surface area contributed by atoms with E-state index in [0.29, 0.717) is 6.42 Å². The number of aromatic nitrogens is 2. The normalized spacial score (nSPS) is 11.8. The summed E-state index contributed by atoms with van der Waals surface area (Å²) in [5, 5.41) is 8.18. The molecule has 0 radical (unpaired) electrons.